The third kappa shape index (κ3) is 4.65. The zero-order valence-electron chi connectivity index (χ0n) is 10.7. The van der Waals surface area contributed by atoms with Gasteiger partial charge in [0.05, 0.1) is 20.9 Å². The summed E-state index contributed by atoms with van der Waals surface area (Å²) < 4.78 is 6.30. The number of hydrogen-bond acceptors (Lipinski definition) is 6. The molecule has 21 heavy (non-hydrogen) atoms. The van der Waals surface area contributed by atoms with Crippen LogP contribution in [0.2, 0.25) is 0 Å². The molecule has 1 heterocycles. The molecule has 1 saturated heterocycles. The minimum absolute atomic E-state index is 0.0785. The van der Waals surface area contributed by atoms with Gasteiger partial charge in [-0.05, 0) is 49.6 Å². The Bertz CT molecular complexity index is 638. The number of nitrogens with one attached hydrogen (secondary N) is 1. The van der Waals surface area contributed by atoms with E-state index in [-0.39, 0.29) is 5.91 Å². The van der Waals surface area contributed by atoms with Gasteiger partial charge in [0.1, 0.15) is 0 Å². The molecule has 0 bridgehead atoms. The van der Waals surface area contributed by atoms with Crippen molar-refractivity contribution in [2.75, 3.05) is 5.75 Å². The second-order valence-corrected chi connectivity index (χ2v) is 6.57. The minimum Gasteiger partial charge on any atom is -0.424 e. The molecular formula is C12H9Br2N3O3S. The number of carbonyl (C=O) groups excluding carboxylic acids is 2. The summed E-state index contributed by atoms with van der Waals surface area (Å²) >= 11 is 7.95. The highest BCUT2D eigenvalue weighted by Crippen LogP contribution is 2.34. The van der Waals surface area contributed by atoms with Crippen molar-refractivity contribution >= 4 is 66.9 Å². The van der Waals surface area contributed by atoms with Crippen molar-refractivity contribution in [3.63, 3.8) is 0 Å². The average Bonchev–Trinajstić information content (AvgIpc) is 2.79. The maximum atomic E-state index is 11.0. The molecule has 9 heteroatoms. The van der Waals surface area contributed by atoms with Crippen molar-refractivity contribution in [2.24, 2.45) is 10.2 Å². The monoisotopic (exact) mass is 433 g/mol. The molecule has 1 aromatic carbocycles. The molecule has 0 saturated carbocycles. The van der Waals surface area contributed by atoms with E-state index in [0.29, 0.717) is 25.6 Å². The van der Waals surface area contributed by atoms with Gasteiger partial charge in [-0.3, -0.25) is 9.59 Å². The number of carbonyl (C=O) groups is 2. The Labute approximate surface area is 141 Å². The van der Waals surface area contributed by atoms with Gasteiger partial charge in [0.15, 0.2) is 10.9 Å². The summed E-state index contributed by atoms with van der Waals surface area (Å²) in [7, 11) is 0. The van der Waals surface area contributed by atoms with E-state index in [1.165, 1.54) is 24.9 Å². The fraction of sp³-hybridized carbons (Fsp3) is 0.167. The van der Waals surface area contributed by atoms with Gasteiger partial charge in [-0.1, -0.05) is 11.8 Å². The van der Waals surface area contributed by atoms with Gasteiger partial charge in [0.2, 0.25) is 5.91 Å². The molecule has 0 spiro atoms. The highest BCUT2D eigenvalue weighted by atomic mass is 79.9. The molecule has 110 valence electrons. The average molecular weight is 435 g/mol. The van der Waals surface area contributed by atoms with Gasteiger partial charge in [-0.25, -0.2) is 0 Å². The van der Waals surface area contributed by atoms with Crippen LogP contribution in [-0.2, 0) is 9.59 Å². The number of esters is 1. The predicted molar refractivity (Wildman–Crippen MR) is 88.8 cm³/mol. The van der Waals surface area contributed by atoms with Gasteiger partial charge in [-0.2, -0.15) is 5.10 Å². The zero-order chi connectivity index (χ0) is 15.4. The first kappa shape index (κ1) is 16.2. The van der Waals surface area contributed by atoms with Crippen molar-refractivity contribution in [2.45, 2.75) is 6.92 Å². The third-order valence-corrected chi connectivity index (χ3v) is 4.25. The Morgan fingerprint density at radius 1 is 1.43 bits per heavy atom. The van der Waals surface area contributed by atoms with Gasteiger partial charge < -0.3 is 10.1 Å². The molecule has 6 nitrogen and oxygen atoms in total. The van der Waals surface area contributed by atoms with Crippen LogP contribution in [0.4, 0.5) is 0 Å². The number of amides is 1. The Kier molecular flexibility index (Phi) is 5.54. The van der Waals surface area contributed by atoms with E-state index in [2.05, 4.69) is 47.4 Å². The molecule has 0 unspecified atom stereocenters. The van der Waals surface area contributed by atoms with Crippen LogP contribution in [0.1, 0.15) is 12.5 Å². The summed E-state index contributed by atoms with van der Waals surface area (Å²) in [6.07, 6.45) is 1.53. The highest BCUT2D eigenvalue weighted by Gasteiger charge is 2.16. The lowest BCUT2D eigenvalue weighted by Gasteiger charge is -2.07. The van der Waals surface area contributed by atoms with Crippen molar-refractivity contribution in [1.82, 2.24) is 5.32 Å². The lowest BCUT2D eigenvalue weighted by Crippen LogP contribution is -2.19. The summed E-state index contributed by atoms with van der Waals surface area (Å²) in [6.45, 7) is 1.33. The summed E-state index contributed by atoms with van der Waals surface area (Å²) in [5.41, 5.74) is 0.753. The summed E-state index contributed by atoms with van der Waals surface area (Å²) in [4.78, 5) is 22.0. The zero-order valence-corrected chi connectivity index (χ0v) is 14.7. The van der Waals surface area contributed by atoms with E-state index in [4.69, 9.17) is 4.74 Å². The molecule has 2 rings (SSSR count). The fourth-order valence-electron chi connectivity index (χ4n) is 1.42. The maximum Gasteiger partial charge on any atom is 0.308 e. The maximum absolute atomic E-state index is 11.0. The van der Waals surface area contributed by atoms with E-state index in [9.17, 15) is 9.59 Å². The van der Waals surface area contributed by atoms with Gasteiger partial charge in [0, 0.05) is 6.92 Å². The standard InChI is InChI=1S/C12H9Br2N3O3S/c1-6(18)20-11-8(13)2-7(3-9(11)14)4-15-17-12-16-10(19)5-21-12/h2-4H,5H2,1H3,(H,16,17,19). The van der Waals surface area contributed by atoms with Gasteiger partial charge in [0.25, 0.3) is 0 Å². The van der Waals surface area contributed by atoms with E-state index in [1.54, 1.807) is 12.1 Å². The van der Waals surface area contributed by atoms with Crippen LogP contribution >= 0.6 is 43.6 Å². The van der Waals surface area contributed by atoms with Crippen molar-refractivity contribution in [1.29, 1.82) is 0 Å². The summed E-state index contributed by atoms with van der Waals surface area (Å²) in [5, 5.41) is 10.9. The molecule has 1 amide bonds. The number of halogens is 2. The molecule has 1 aromatic rings. The van der Waals surface area contributed by atoms with Crippen LogP contribution in [0.3, 0.4) is 0 Å². The van der Waals surface area contributed by atoms with Crippen LogP contribution in [0.25, 0.3) is 0 Å². The predicted octanol–water partition coefficient (Wildman–Crippen LogP) is 2.69. The van der Waals surface area contributed by atoms with Gasteiger partial charge >= 0.3 is 5.97 Å². The molecule has 1 fully saturated rings. The largest absolute Gasteiger partial charge is 0.424 e. The van der Waals surface area contributed by atoms with Crippen LogP contribution < -0.4 is 10.1 Å². The molecule has 0 radical (unpaired) electrons. The number of benzene rings is 1. The number of nitrogens with zero attached hydrogens (tertiary/aromatic N) is 2. The summed E-state index contributed by atoms with van der Waals surface area (Å²) in [5.74, 6) is 0.288. The highest BCUT2D eigenvalue weighted by molar-refractivity contribution is 9.11. The number of thioether (sulfide) groups is 1. The number of rotatable bonds is 3. The molecule has 0 atom stereocenters. The van der Waals surface area contributed by atoms with Crippen LogP contribution in [0.5, 0.6) is 5.75 Å². The first-order valence-corrected chi connectivity index (χ1v) is 8.24. The smallest absolute Gasteiger partial charge is 0.308 e. The van der Waals surface area contributed by atoms with E-state index in [0.717, 1.165) is 5.56 Å². The number of amidine groups is 1. The first-order chi connectivity index (χ1) is 9.95. The number of hydrogen-bond donors (Lipinski definition) is 1. The minimum atomic E-state index is -0.404. The number of ether oxygens (including phenoxy) is 1. The lowest BCUT2D eigenvalue weighted by atomic mass is 10.2. The third-order valence-electron chi connectivity index (χ3n) is 2.21. The Morgan fingerprint density at radius 3 is 2.62 bits per heavy atom. The quantitative estimate of drug-likeness (QED) is 0.343. The van der Waals surface area contributed by atoms with Crippen molar-refractivity contribution in [3.8, 4) is 5.75 Å². The topological polar surface area (TPSA) is 80.1 Å². The second-order valence-electron chi connectivity index (χ2n) is 3.89. The molecular weight excluding hydrogens is 426 g/mol. The van der Waals surface area contributed by atoms with Gasteiger partial charge in [-0.15, -0.1) is 5.10 Å². The van der Waals surface area contributed by atoms with Crippen LogP contribution in [0, 0.1) is 0 Å². The first-order valence-electron chi connectivity index (χ1n) is 5.67. The van der Waals surface area contributed by atoms with E-state index >= 15 is 0 Å². The summed E-state index contributed by atoms with van der Waals surface area (Å²) in [6, 6.07) is 3.49. The lowest BCUT2D eigenvalue weighted by molar-refractivity contribution is -0.132. The fourth-order valence-corrected chi connectivity index (χ4v) is 3.44. The van der Waals surface area contributed by atoms with Crippen LogP contribution in [0.15, 0.2) is 31.3 Å². The Balaban J connectivity index is 2.14. The van der Waals surface area contributed by atoms with Crippen LogP contribution in [-0.4, -0.2) is 29.0 Å². The molecule has 1 N–H and O–H groups in total. The normalized spacial score (nSPS) is 16.5. The van der Waals surface area contributed by atoms with Crippen molar-refractivity contribution in [3.05, 3.63) is 26.6 Å². The molecule has 0 aliphatic carbocycles. The molecule has 0 aromatic heterocycles. The van der Waals surface area contributed by atoms with E-state index < -0.39 is 5.97 Å². The second kappa shape index (κ2) is 7.19. The van der Waals surface area contributed by atoms with E-state index in [1.807, 2.05) is 0 Å². The molecule has 1 aliphatic heterocycles. The SMILES string of the molecule is CC(=O)Oc1c(Br)cc(C=NN=C2NC(=O)CS2)cc1Br. The molecule has 1 aliphatic rings. The van der Waals surface area contributed by atoms with Crippen molar-refractivity contribution < 1.29 is 14.3 Å². The Morgan fingerprint density at radius 2 is 2.10 bits per heavy atom. The Hall–Kier alpha value is -1.19.